The van der Waals surface area contributed by atoms with Crippen LogP contribution >= 0.6 is 0 Å². The Hall–Kier alpha value is -2.61. The van der Waals surface area contributed by atoms with Crippen molar-refractivity contribution in [3.63, 3.8) is 0 Å². The Morgan fingerprint density at radius 2 is 1.45 bits per heavy atom. The normalized spacial score (nSPS) is 17.6. The van der Waals surface area contributed by atoms with Crippen molar-refractivity contribution in [2.45, 2.75) is 64.3 Å². The molecule has 0 fully saturated rings. The lowest BCUT2D eigenvalue weighted by molar-refractivity contribution is -0.148. The maximum absolute atomic E-state index is 12.7. The number of hydrogen-bond acceptors (Lipinski definition) is 6. The predicted octanol–water partition coefficient (Wildman–Crippen LogP) is 4.94. The van der Waals surface area contributed by atoms with Crippen molar-refractivity contribution in [1.29, 1.82) is 0 Å². The second kappa shape index (κ2) is 10.5. The molecule has 0 aromatic heterocycles. The maximum atomic E-state index is 12.7. The van der Waals surface area contributed by atoms with E-state index in [2.05, 4.69) is 33.9 Å². The Morgan fingerprint density at radius 3 is 1.97 bits per heavy atom. The number of carbonyl (C=O) groups is 1. The standard InChI is InChI=1S/C26H34O6Si/c1-26(2,3)33(4,5)31-18-21(27)22-23(29-16-19-12-8-6-9-13-19)24(25(28)32-22)30-17-20-14-10-7-11-15-20/h6-15,21-22,27H,16-18H2,1-5H3. The highest BCUT2D eigenvalue weighted by Gasteiger charge is 2.44. The van der Waals surface area contributed by atoms with Gasteiger partial charge in [0.2, 0.25) is 5.76 Å². The number of rotatable bonds is 10. The SMILES string of the molecule is CC(C)(C)[Si](C)(C)OCC(O)C1OC(=O)C(OCc2ccccc2)=C1OCc1ccccc1. The summed E-state index contributed by atoms with van der Waals surface area (Å²) in [5.74, 6) is -0.456. The quantitative estimate of drug-likeness (QED) is 0.392. The molecule has 6 nitrogen and oxygen atoms in total. The summed E-state index contributed by atoms with van der Waals surface area (Å²) in [6, 6.07) is 19.1. The third-order valence-corrected chi connectivity index (χ3v) is 10.6. The van der Waals surface area contributed by atoms with Gasteiger partial charge in [0.15, 0.2) is 20.2 Å². The van der Waals surface area contributed by atoms with Crippen molar-refractivity contribution in [3.8, 4) is 0 Å². The second-order valence-corrected chi connectivity index (χ2v) is 14.5. The van der Waals surface area contributed by atoms with Crippen LogP contribution in [-0.2, 0) is 36.6 Å². The average molecular weight is 471 g/mol. The minimum Gasteiger partial charge on any atom is -0.485 e. The summed E-state index contributed by atoms with van der Waals surface area (Å²) in [5.41, 5.74) is 1.84. The van der Waals surface area contributed by atoms with Gasteiger partial charge in [-0.25, -0.2) is 4.79 Å². The highest BCUT2D eigenvalue weighted by Crippen LogP contribution is 2.37. The summed E-state index contributed by atoms with van der Waals surface area (Å²) < 4.78 is 23.5. The monoisotopic (exact) mass is 470 g/mol. The van der Waals surface area contributed by atoms with Crippen LogP contribution < -0.4 is 0 Å². The second-order valence-electron chi connectivity index (χ2n) is 9.71. The third-order valence-electron chi connectivity index (χ3n) is 6.14. The molecule has 0 bridgehead atoms. The molecule has 1 aliphatic rings. The number of benzene rings is 2. The van der Waals surface area contributed by atoms with Crippen molar-refractivity contribution >= 4 is 14.3 Å². The van der Waals surface area contributed by atoms with Crippen LogP contribution in [0.15, 0.2) is 72.2 Å². The van der Waals surface area contributed by atoms with Gasteiger partial charge in [0.25, 0.3) is 0 Å². The van der Waals surface area contributed by atoms with Crippen molar-refractivity contribution in [1.82, 2.24) is 0 Å². The Balaban J connectivity index is 1.78. The van der Waals surface area contributed by atoms with Crippen LogP contribution in [0, 0.1) is 0 Å². The van der Waals surface area contributed by atoms with Gasteiger partial charge in [-0.05, 0) is 29.3 Å². The molecule has 2 atom stereocenters. The van der Waals surface area contributed by atoms with Gasteiger partial charge < -0.3 is 23.7 Å². The molecule has 1 heterocycles. The van der Waals surface area contributed by atoms with Crippen LogP contribution in [0.1, 0.15) is 31.9 Å². The molecule has 0 spiro atoms. The van der Waals surface area contributed by atoms with Crippen LogP contribution in [0.4, 0.5) is 0 Å². The summed E-state index contributed by atoms with van der Waals surface area (Å²) in [6.07, 6.45) is -2.07. The number of cyclic esters (lactones) is 1. The van der Waals surface area contributed by atoms with Gasteiger partial charge in [0.1, 0.15) is 19.3 Å². The predicted molar refractivity (Wildman–Crippen MR) is 129 cm³/mol. The topological polar surface area (TPSA) is 74.2 Å². The van der Waals surface area contributed by atoms with Gasteiger partial charge in [-0.15, -0.1) is 0 Å². The number of carbonyl (C=O) groups excluding carboxylic acids is 1. The summed E-state index contributed by atoms with van der Waals surface area (Å²) >= 11 is 0. The zero-order valence-corrected chi connectivity index (χ0v) is 21.0. The van der Waals surface area contributed by atoms with E-state index >= 15 is 0 Å². The van der Waals surface area contributed by atoms with E-state index < -0.39 is 26.5 Å². The summed E-state index contributed by atoms with van der Waals surface area (Å²) in [6.45, 7) is 11.1. The molecule has 178 valence electrons. The van der Waals surface area contributed by atoms with Gasteiger partial charge in [-0.3, -0.25) is 0 Å². The zero-order valence-electron chi connectivity index (χ0n) is 20.0. The first-order valence-corrected chi connectivity index (χ1v) is 14.1. The fourth-order valence-corrected chi connectivity index (χ4v) is 4.07. The lowest BCUT2D eigenvalue weighted by Crippen LogP contribution is -2.44. The Morgan fingerprint density at radius 1 is 0.939 bits per heavy atom. The van der Waals surface area contributed by atoms with Gasteiger partial charge in [0.05, 0.1) is 6.61 Å². The summed E-state index contributed by atoms with van der Waals surface area (Å²) in [5, 5.41) is 10.9. The minimum absolute atomic E-state index is 0.00818. The van der Waals surface area contributed by atoms with Crippen LogP contribution in [0.3, 0.4) is 0 Å². The first-order chi connectivity index (χ1) is 15.6. The smallest absolute Gasteiger partial charge is 0.378 e. The molecule has 7 heteroatoms. The van der Waals surface area contributed by atoms with E-state index in [1.165, 1.54) is 0 Å². The molecular formula is C26H34O6Si. The van der Waals surface area contributed by atoms with E-state index in [1.54, 1.807) is 0 Å². The Labute approximate surface area is 197 Å². The molecule has 2 aromatic rings. The number of aliphatic hydroxyl groups excluding tert-OH is 1. The van der Waals surface area contributed by atoms with Gasteiger partial charge in [-0.2, -0.15) is 0 Å². The van der Waals surface area contributed by atoms with E-state index in [9.17, 15) is 9.90 Å². The molecule has 0 aliphatic carbocycles. The lowest BCUT2D eigenvalue weighted by Gasteiger charge is -2.37. The first-order valence-electron chi connectivity index (χ1n) is 11.2. The van der Waals surface area contributed by atoms with Crippen LogP contribution in [0.2, 0.25) is 18.1 Å². The molecular weight excluding hydrogens is 436 g/mol. The van der Waals surface area contributed by atoms with Crippen LogP contribution in [0.25, 0.3) is 0 Å². The number of hydrogen-bond donors (Lipinski definition) is 1. The Bertz CT molecular complexity index is 950. The molecule has 3 rings (SSSR count). The molecule has 0 amide bonds. The van der Waals surface area contributed by atoms with Crippen molar-refractivity contribution in [2.75, 3.05) is 6.61 Å². The van der Waals surface area contributed by atoms with E-state index in [-0.39, 0.29) is 36.4 Å². The Kier molecular flexibility index (Phi) is 7.99. The van der Waals surface area contributed by atoms with Gasteiger partial charge in [-0.1, -0.05) is 81.4 Å². The summed E-state index contributed by atoms with van der Waals surface area (Å²) in [7, 11) is -2.09. The minimum atomic E-state index is -2.09. The molecule has 1 aliphatic heterocycles. The van der Waals surface area contributed by atoms with Crippen LogP contribution in [0.5, 0.6) is 0 Å². The number of esters is 1. The fraction of sp³-hybridized carbons (Fsp3) is 0.423. The molecule has 0 radical (unpaired) electrons. The largest absolute Gasteiger partial charge is 0.485 e. The fourth-order valence-electron chi connectivity index (χ4n) is 3.05. The van der Waals surface area contributed by atoms with Crippen molar-refractivity contribution < 1.29 is 28.5 Å². The zero-order chi connectivity index (χ0) is 24.1. The van der Waals surface area contributed by atoms with E-state index in [1.807, 2.05) is 60.7 Å². The van der Waals surface area contributed by atoms with Crippen molar-refractivity contribution in [2.24, 2.45) is 0 Å². The molecule has 2 unspecified atom stereocenters. The highest BCUT2D eigenvalue weighted by atomic mass is 28.4. The van der Waals surface area contributed by atoms with E-state index in [0.717, 1.165) is 11.1 Å². The van der Waals surface area contributed by atoms with E-state index in [0.29, 0.717) is 0 Å². The molecule has 0 saturated carbocycles. The van der Waals surface area contributed by atoms with Crippen molar-refractivity contribution in [3.05, 3.63) is 83.3 Å². The maximum Gasteiger partial charge on any atom is 0.378 e. The van der Waals surface area contributed by atoms with E-state index in [4.69, 9.17) is 18.6 Å². The first kappa shape index (κ1) is 25.0. The number of ether oxygens (including phenoxy) is 3. The van der Waals surface area contributed by atoms with Gasteiger partial charge >= 0.3 is 5.97 Å². The van der Waals surface area contributed by atoms with Crippen LogP contribution in [-0.4, -0.2) is 38.2 Å². The average Bonchev–Trinajstić information content (AvgIpc) is 3.10. The molecule has 2 aromatic carbocycles. The summed E-state index contributed by atoms with van der Waals surface area (Å²) in [4.78, 5) is 12.7. The molecule has 1 N–H and O–H groups in total. The third kappa shape index (κ3) is 6.47. The molecule has 33 heavy (non-hydrogen) atoms. The highest BCUT2D eigenvalue weighted by molar-refractivity contribution is 6.74. The lowest BCUT2D eigenvalue weighted by atomic mass is 10.1. The number of aliphatic hydroxyl groups is 1. The molecule has 0 saturated heterocycles. The van der Waals surface area contributed by atoms with Gasteiger partial charge in [0, 0.05) is 0 Å².